The summed E-state index contributed by atoms with van der Waals surface area (Å²) in [4.78, 5) is 29.1. The van der Waals surface area contributed by atoms with Crippen molar-refractivity contribution in [1.29, 1.82) is 0 Å². The van der Waals surface area contributed by atoms with Crippen molar-refractivity contribution in [2.24, 2.45) is 0 Å². The summed E-state index contributed by atoms with van der Waals surface area (Å²) in [6.07, 6.45) is 1.57. The Morgan fingerprint density at radius 2 is 1.48 bits per heavy atom. The van der Waals surface area contributed by atoms with Crippen molar-refractivity contribution in [3.05, 3.63) is 30.1 Å². The third kappa shape index (κ3) is 3.88. The van der Waals surface area contributed by atoms with Gasteiger partial charge in [-0.25, -0.2) is 4.39 Å². The van der Waals surface area contributed by atoms with Gasteiger partial charge in [0.15, 0.2) is 0 Å². The molecule has 124 valence electrons. The quantitative estimate of drug-likeness (QED) is 0.771. The van der Waals surface area contributed by atoms with Crippen molar-refractivity contribution >= 4 is 17.5 Å². The van der Waals surface area contributed by atoms with Crippen molar-refractivity contribution in [3.8, 4) is 0 Å². The van der Waals surface area contributed by atoms with Crippen LogP contribution in [0.3, 0.4) is 0 Å². The van der Waals surface area contributed by atoms with Crippen LogP contribution in [0.5, 0.6) is 0 Å². The van der Waals surface area contributed by atoms with Gasteiger partial charge in [0, 0.05) is 51.3 Å². The molecule has 0 radical (unpaired) electrons. The van der Waals surface area contributed by atoms with E-state index in [9.17, 15) is 14.0 Å². The van der Waals surface area contributed by atoms with Crippen molar-refractivity contribution in [2.45, 2.75) is 19.3 Å². The maximum absolute atomic E-state index is 13.0. The third-order valence-electron chi connectivity index (χ3n) is 4.57. The van der Waals surface area contributed by atoms with Crippen molar-refractivity contribution < 1.29 is 14.0 Å². The minimum absolute atomic E-state index is 0.0314. The lowest BCUT2D eigenvalue weighted by Gasteiger charge is -2.36. The molecule has 2 fully saturated rings. The Hall–Kier alpha value is -1.95. The molecule has 3 rings (SSSR count). The summed E-state index contributed by atoms with van der Waals surface area (Å²) < 4.78 is 13.0. The number of anilines is 1. The van der Waals surface area contributed by atoms with Crippen LogP contribution < -0.4 is 4.90 Å². The zero-order chi connectivity index (χ0) is 16.2. The SMILES string of the molecule is O=C1CCC(=O)N1CCCN1CCN(c2ccc(F)cc2)CC1. The van der Waals surface area contributed by atoms with E-state index in [1.165, 1.54) is 17.0 Å². The molecule has 2 aliphatic heterocycles. The van der Waals surface area contributed by atoms with Gasteiger partial charge in [-0.2, -0.15) is 0 Å². The van der Waals surface area contributed by atoms with E-state index in [0.29, 0.717) is 19.4 Å². The Morgan fingerprint density at radius 3 is 2.09 bits per heavy atom. The predicted octanol–water partition coefficient (Wildman–Crippen LogP) is 1.49. The Kier molecular flexibility index (Phi) is 4.91. The molecule has 0 bridgehead atoms. The maximum Gasteiger partial charge on any atom is 0.229 e. The minimum atomic E-state index is -0.210. The number of nitrogens with zero attached hydrogens (tertiary/aromatic N) is 3. The second kappa shape index (κ2) is 7.08. The third-order valence-corrected chi connectivity index (χ3v) is 4.57. The molecule has 0 atom stereocenters. The molecule has 0 N–H and O–H groups in total. The largest absolute Gasteiger partial charge is 0.369 e. The molecule has 23 heavy (non-hydrogen) atoms. The second-order valence-corrected chi connectivity index (χ2v) is 6.10. The number of hydrogen-bond acceptors (Lipinski definition) is 4. The molecule has 1 aromatic rings. The van der Waals surface area contributed by atoms with E-state index in [1.54, 1.807) is 0 Å². The molecule has 0 saturated carbocycles. The normalized spacial score (nSPS) is 19.7. The van der Waals surface area contributed by atoms with Crippen molar-refractivity contribution in [2.75, 3.05) is 44.2 Å². The van der Waals surface area contributed by atoms with Crippen LogP contribution in [0.25, 0.3) is 0 Å². The molecule has 0 unspecified atom stereocenters. The van der Waals surface area contributed by atoms with Crippen LogP contribution in [0.1, 0.15) is 19.3 Å². The highest BCUT2D eigenvalue weighted by Gasteiger charge is 2.28. The highest BCUT2D eigenvalue weighted by atomic mass is 19.1. The Bertz CT molecular complexity index is 552. The number of likely N-dealkylation sites (tertiary alicyclic amines) is 1. The summed E-state index contributed by atoms with van der Waals surface area (Å²) in [5, 5.41) is 0. The van der Waals surface area contributed by atoms with Crippen LogP contribution in [0, 0.1) is 5.82 Å². The van der Waals surface area contributed by atoms with E-state index in [-0.39, 0.29) is 17.6 Å². The van der Waals surface area contributed by atoms with Crippen LogP contribution in [0.2, 0.25) is 0 Å². The van der Waals surface area contributed by atoms with Crippen LogP contribution in [-0.4, -0.2) is 60.9 Å². The van der Waals surface area contributed by atoms with Crippen LogP contribution in [0.15, 0.2) is 24.3 Å². The molecule has 6 heteroatoms. The van der Waals surface area contributed by atoms with Crippen LogP contribution in [0.4, 0.5) is 10.1 Å². The van der Waals surface area contributed by atoms with Gasteiger partial charge in [-0.3, -0.25) is 19.4 Å². The summed E-state index contributed by atoms with van der Waals surface area (Å²) in [5.74, 6) is -0.273. The topological polar surface area (TPSA) is 43.9 Å². The first-order chi connectivity index (χ1) is 11.1. The molecule has 2 heterocycles. The number of benzene rings is 1. The smallest absolute Gasteiger partial charge is 0.229 e. The van der Waals surface area contributed by atoms with Gasteiger partial charge >= 0.3 is 0 Å². The van der Waals surface area contributed by atoms with Gasteiger partial charge in [0.25, 0.3) is 0 Å². The van der Waals surface area contributed by atoms with Gasteiger partial charge in [-0.05, 0) is 37.2 Å². The molecular weight excluding hydrogens is 297 g/mol. The summed E-state index contributed by atoms with van der Waals surface area (Å²) in [5.41, 5.74) is 1.05. The second-order valence-electron chi connectivity index (χ2n) is 6.10. The number of hydrogen-bond donors (Lipinski definition) is 0. The number of imide groups is 1. The monoisotopic (exact) mass is 319 g/mol. The van der Waals surface area contributed by atoms with Gasteiger partial charge in [0.2, 0.25) is 11.8 Å². The first-order valence-corrected chi connectivity index (χ1v) is 8.19. The van der Waals surface area contributed by atoms with Crippen molar-refractivity contribution in [3.63, 3.8) is 0 Å². The number of carbonyl (C=O) groups excluding carboxylic acids is 2. The minimum Gasteiger partial charge on any atom is -0.369 e. The summed E-state index contributed by atoms with van der Waals surface area (Å²) in [6, 6.07) is 6.61. The molecule has 2 aliphatic rings. The van der Waals surface area contributed by atoms with Crippen molar-refractivity contribution in [1.82, 2.24) is 9.80 Å². The fourth-order valence-corrected chi connectivity index (χ4v) is 3.21. The van der Waals surface area contributed by atoms with E-state index in [0.717, 1.165) is 44.8 Å². The van der Waals surface area contributed by atoms with Gasteiger partial charge in [-0.1, -0.05) is 0 Å². The standard InChI is InChI=1S/C17H22FN3O2/c18-14-2-4-15(5-3-14)20-12-10-19(11-13-20)8-1-9-21-16(22)6-7-17(21)23/h2-5H,1,6-13H2. The fourth-order valence-electron chi connectivity index (χ4n) is 3.21. The molecule has 2 saturated heterocycles. The molecule has 0 spiro atoms. The van der Waals surface area contributed by atoms with Gasteiger partial charge < -0.3 is 4.90 Å². The van der Waals surface area contributed by atoms with E-state index in [4.69, 9.17) is 0 Å². The molecule has 2 amide bonds. The summed E-state index contributed by atoms with van der Waals surface area (Å²) in [6.45, 7) is 5.14. The highest BCUT2D eigenvalue weighted by Crippen LogP contribution is 2.17. The number of piperazine rings is 1. The number of rotatable bonds is 5. The zero-order valence-corrected chi connectivity index (χ0v) is 13.2. The lowest BCUT2D eigenvalue weighted by molar-refractivity contribution is -0.138. The first-order valence-electron chi connectivity index (χ1n) is 8.19. The lowest BCUT2D eigenvalue weighted by Crippen LogP contribution is -2.47. The van der Waals surface area contributed by atoms with E-state index in [2.05, 4.69) is 9.80 Å². The fraction of sp³-hybridized carbons (Fsp3) is 0.529. The van der Waals surface area contributed by atoms with E-state index in [1.807, 2.05) is 12.1 Å². The van der Waals surface area contributed by atoms with Crippen LogP contribution in [-0.2, 0) is 9.59 Å². The van der Waals surface area contributed by atoms with Gasteiger partial charge in [-0.15, -0.1) is 0 Å². The maximum atomic E-state index is 13.0. The Morgan fingerprint density at radius 1 is 0.870 bits per heavy atom. The van der Waals surface area contributed by atoms with Gasteiger partial charge in [0.05, 0.1) is 0 Å². The molecule has 0 aromatic heterocycles. The molecule has 1 aromatic carbocycles. The number of amides is 2. The zero-order valence-electron chi connectivity index (χ0n) is 13.2. The highest BCUT2D eigenvalue weighted by molar-refractivity contribution is 6.01. The van der Waals surface area contributed by atoms with Gasteiger partial charge in [0.1, 0.15) is 5.82 Å². The van der Waals surface area contributed by atoms with E-state index < -0.39 is 0 Å². The predicted molar refractivity (Wildman–Crippen MR) is 85.6 cm³/mol. The molecule has 5 nitrogen and oxygen atoms in total. The average molecular weight is 319 g/mol. The first kappa shape index (κ1) is 15.9. The Labute approximate surface area is 135 Å². The summed E-state index contributed by atoms with van der Waals surface area (Å²) >= 11 is 0. The number of carbonyl (C=O) groups is 2. The summed E-state index contributed by atoms with van der Waals surface area (Å²) in [7, 11) is 0. The van der Waals surface area contributed by atoms with Crippen LogP contribution >= 0.6 is 0 Å². The average Bonchev–Trinajstić information content (AvgIpc) is 2.88. The van der Waals surface area contributed by atoms with E-state index >= 15 is 0 Å². The molecule has 0 aliphatic carbocycles. The lowest BCUT2D eigenvalue weighted by atomic mass is 10.2. The molecular formula is C17H22FN3O2. The number of halogens is 1. The Balaban J connectivity index is 1.40.